The molecule has 9 nitrogen and oxygen atoms in total. The molecule has 2 aromatic carbocycles. The molecule has 1 aliphatic heterocycles. The van der Waals surface area contributed by atoms with Crippen molar-refractivity contribution < 1.29 is 18.7 Å². The standard InChI is InChI=1S/C29H29ClFN5O4/c1-16-12-24(27(38)35-34-16)40-23-10-8-19(14-21(23)30)26(37)33-17(2)28(39)36-22(18-6-5-7-20(31)13-18)9-11-25(36)29(3,4)15-32/h5-8,10,12-14,17,22,25H,9,11H2,1-4H3,(H,33,37)(H,35,38)/t17-,22+,25?/m1/s1. The average molecular weight is 566 g/mol. The van der Waals surface area contributed by atoms with E-state index in [1.807, 2.05) is 0 Å². The van der Waals surface area contributed by atoms with Gasteiger partial charge in [-0.3, -0.25) is 14.4 Å². The second-order valence-electron chi connectivity index (χ2n) is 10.4. The number of amides is 2. The highest BCUT2D eigenvalue weighted by Crippen LogP contribution is 2.43. The Bertz CT molecular complexity index is 1550. The molecule has 2 heterocycles. The topological polar surface area (TPSA) is 128 Å². The van der Waals surface area contributed by atoms with Crippen molar-refractivity contribution in [3.8, 4) is 17.6 Å². The highest BCUT2D eigenvalue weighted by atomic mass is 35.5. The minimum absolute atomic E-state index is 0.000803. The Balaban J connectivity index is 1.53. The van der Waals surface area contributed by atoms with Crippen LogP contribution in [0.1, 0.15) is 61.3 Å². The highest BCUT2D eigenvalue weighted by Gasteiger charge is 2.46. The number of aryl methyl sites for hydroxylation is 1. The first-order valence-electron chi connectivity index (χ1n) is 12.7. The van der Waals surface area contributed by atoms with E-state index in [4.69, 9.17) is 16.3 Å². The third kappa shape index (κ3) is 6.00. The zero-order valence-electron chi connectivity index (χ0n) is 22.5. The van der Waals surface area contributed by atoms with E-state index in [9.17, 15) is 24.0 Å². The van der Waals surface area contributed by atoms with E-state index < -0.39 is 40.8 Å². The molecule has 3 aromatic rings. The van der Waals surface area contributed by atoms with Gasteiger partial charge >= 0.3 is 5.56 Å². The SMILES string of the molecule is Cc1cc(Oc2ccc(C(=O)N[C@H](C)C(=O)N3C(C(C)(C)C#N)CC[C@H]3c3cccc(F)c3)cc2Cl)c(=O)[nH]n1. The van der Waals surface area contributed by atoms with E-state index in [-0.39, 0.29) is 28.0 Å². The Morgan fingerprint density at radius 1 is 1.23 bits per heavy atom. The van der Waals surface area contributed by atoms with Crippen LogP contribution in [0.4, 0.5) is 4.39 Å². The second kappa shape index (κ2) is 11.5. The molecule has 2 N–H and O–H groups in total. The summed E-state index contributed by atoms with van der Waals surface area (Å²) in [6.07, 6.45) is 1.12. The van der Waals surface area contributed by atoms with Crippen molar-refractivity contribution in [2.45, 2.75) is 58.7 Å². The number of H-pyrrole nitrogens is 1. The Morgan fingerprint density at radius 2 is 1.98 bits per heavy atom. The molecule has 11 heteroatoms. The van der Waals surface area contributed by atoms with Gasteiger partial charge in [-0.2, -0.15) is 10.4 Å². The van der Waals surface area contributed by atoms with Crippen molar-refractivity contribution in [2.24, 2.45) is 5.41 Å². The van der Waals surface area contributed by atoms with Gasteiger partial charge in [0, 0.05) is 11.6 Å². The predicted octanol–water partition coefficient (Wildman–Crippen LogP) is 5.06. The first-order chi connectivity index (χ1) is 18.9. The van der Waals surface area contributed by atoms with Gasteiger partial charge in [0.15, 0.2) is 5.75 Å². The van der Waals surface area contributed by atoms with Crippen LogP contribution in [0.5, 0.6) is 11.5 Å². The monoisotopic (exact) mass is 565 g/mol. The fraction of sp³-hybridized carbons (Fsp3) is 0.345. The molecule has 0 aliphatic carbocycles. The lowest BCUT2D eigenvalue weighted by Gasteiger charge is -2.38. The van der Waals surface area contributed by atoms with Gasteiger partial charge in [-0.1, -0.05) is 23.7 Å². The molecule has 0 bridgehead atoms. The lowest BCUT2D eigenvalue weighted by molar-refractivity contribution is -0.137. The van der Waals surface area contributed by atoms with E-state index in [1.165, 1.54) is 36.4 Å². The number of nitriles is 1. The third-order valence-corrected chi connectivity index (χ3v) is 7.32. The van der Waals surface area contributed by atoms with Gasteiger partial charge in [0.2, 0.25) is 5.91 Å². The number of hydrogen-bond acceptors (Lipinski definition) is 6. The maximum Gasteiger partial charge on any atom is 0.307 e. The van der Waals surface area contributed by atoms with E-state index in [0.717, 1.165) is 0 Å². The quantitative estimate of drug-likeness (QED) is 0.412. The number of carbonyl (C=O) groups excluding carboxylic acids is 2. The molecule has 0 spiro atoms. The van der Waals surface area contributed by atoms with E-state index in [1.54, 1.807) is 44.7 Å². The van der Waals surface area contributed by atoms with Crippen LogP contribution < -0.4 is 15.6 Å². The number of aromatic nitrogens is 2. The summed E-state index contributed by atoms with van der Waals surface area (Å²) in [4.78, 5) is 40.4. The molecule has 1 fully saturated rings. The Labute approximate surface area is 235 Å². The van der Waals surface area contributed by atoms with Crippen molar-refractivity contribution in [1.82, 2.24) is 20.4 Å². The lowest BCUT2D eigenvalue weighted by Crippen LogP contribution is -2.52. The molecular weight excluding hydrogens is 537 g/mol. The molecule has 2 amide bonds. The van der Waals surface area contributed by atoms with Crippen LogP contribution in [0, 0.1) is 29.5 Å². The summed E-state index contributed by atoms with van der Waals surface area (Å²) in [6.45, 7) is 6.78. The first kappa shape index (κ1) is 28.8. The van der Waals surface area contributed by atoms with Gasteiger partial charge in [0.05, 0.1) is 34.3 Å². The summed E-state index contributed by atoms with van der Waals surface area (Å²) in [5.74, 6) is -1.19. The summed E-state index contributed by atoms with van der Waals surface area (Å²) in [7, 11) is 0. The Hall–Kier alpha value is -4.23. The zero-order chi connectivity index (χ0) is 29.2. The number of carbonyl (C=O) groups is 2. The number of nitrogens with zero attached hydrogens (tertiary/aromatic N) is 3. The number of aromatic amines is 1. The summed E-state index contributed by atoms with van der Waals surface area (Å²) >= 11 is 6.33. The Kier molecular flexibility index (Phi) is 8.26. The van der Waals surface area contributed by atoms with Crippen LogP contribution in [-0.2, 0) is 4.79 Å². The number of nitrogens with one attached hydrogen (secondary N) is 2. The molecule has 4 rings (SSSR count). The number of benzene rings is 2. The van der Waals surface area contributed by atoms with Gasteiger partial charge < -0.3 is 15.0 Å². The van der Waals surface area contributed by atoms with Crippen molar-refractivity contribution in [3.05, 3.63) is 86.5 Å². The van der Waals surface area contributed by atoms with Crippen molar-refractivity contribution >= 4 is 23.4 Å². The number of halogens is 2. The van der Waals surface area contributed by atoms with Gasteiger partial charge in [0.25, 0.3) is 5.91 Å². The van der Waals surface area contributed by atoms with Crippen molar-refractivity contribution in [2.75, 3.05) is 0 Å². The fourth-order valence-electron chi connectivity index (χ4n) is 4.91. The molecule has 0 radical (unpaired) electrons. The first-order valence-corrected chi connectivity index (χ1v) is 13.1. The van der Waals surface area contributed by atoms with Crippen LogP contribution in [0.15, 0.2) is 53.3 Å². The maximum atomic E-state index is 14.0. The van der Waals surface area contributed by atoms with E-state index >= 15 is 0 Å². The largest absolute Gasteiger partial charge is 0.450 e. The molecule has 1 unspecified atom stereocenters. The minimum Gasteiger partial charge on any atom is -0.450 e. The molecule has 208 valence electrons. The minimum atomic E-state index is -0.952. The number of likely N-dealkylation sites (tertiary alicyclic amines) is 1. The summed E-state index contributed by atoms with van der Waals surface area (Å²) in [5, 5.41) is 18.7. The van der Waals surface area contributed by atoms with Crippen LogP contribution >= 0.6 is 11.6 Å². The second-order valence-corrected chi connectivity index (χ2v) is 10.8. The van der Waals surface area contributed by atoms with Gasteiger partial charge in [-0.15, -0.1) is 0 Å². The zero-order valence-corrected chi connectivity index (χ0v) is 23.3. The van der Waals surface area contributed by atoms with Crippen LogP contribution in [-0.4, -0.2) is 39.0 Å². The molecule has 40 heavy (non-hydrogen) atoms. The number of ether oxygens (including phenoxy) is 1. The number of hydrogen-bond donors (Lipinski definition) is 2. The maximum absolute atomic E-state index is 14.0. The van der Waals surface area contributed by atoms with Gasteiger partial charge in [0.1, 0.15) is 17.6 Å². The number of rotatable bonds is 7. The molecule has 1 aliphatic rings. The van der Waals surface area contributed by atoms with Gasteiger partial charge in [-0.25, -0.2) is 9.49 Å². The smallest absolute Gasteiger partial charge is 0.307 e. The normalized spacial score (nSPS) is 17.7. The average Bonchev–Trinajstić information content (AvgIpc) is 3.37. The Morgan fingerprint density at radius 3 is 2.65 bits per heavy atom. The lowest BCUT2D eigenvalue weighted by atomic mass is 9.84. The molecular formula is C29H29ClFN5O4. The van der Waals surface area contributed by atoms with Crippen LogP contribution in [0.3, 0.4) is 0 Å². The van der Waals surface area contributed by atoms with E-state index in [2.05, 4.69) is 21.6 Å². The van der Waals surface area contributed by atoms with E-state index in [0.29, 0.717) is 24.1 Å². The highest BCUT2D eigenvalue weighted by molar-refractivity contribution is 6.32. The van der Waals surface area contributed by atoms with Crippen molar-refractivity contribution in [1.29, 1.82) is 5.26 Å². The molecule has 1 aromatic heterocycles. The fourth-order valence-corrected chi connectivity index (χ4v) is 5.13. The summed E-state index contributed by atoms with van der Waals surface area (Å²) < 4.78 is 19.6. The predicted molar refractivity (Wildman–Crippen MR) is 146 cm³/mol. The molecule has 3 atom stereocenters. The summed E-state index contributed by atoms with van der Waals surface area (Å²) in [6, 6.07) is 12.3. The van der Waals surface area contributed by atoms with Crippen LogP contribution in [0.2, 0.25) is 5.02 Å². The molecule has 1 saturated heterocycles. The van der Waals surface area contributed by atoms with Crippen LogP contribution in [0.25, 0.3) is 0 Å². The molecule has 0 saturated carbocycles. The summed E-state index contributed by atoms with van der Waals surface area (Å²) in [5.41, 5.74) is -0.0482. The third-order valence-electron chi connectivity index (χ3n) is 7.02. The van der Waals surface area contributed by atoms with Gasteiger partial charge in [-0.05, 0) is 76.4 Å². The van der Waals surface area contributed by atoms with Crippen molar-refractivity contribution in [3.63, 3.8) is 0 Å².